The number of halogens is 5. The second-order valence-corrected chi connectivity index (χ2v) is 8.31. The molecule has 1 aliphatic rings. The van der Waals surface area contributed by atoms with E-state index in [-0.39, 0.29) is 25.7 Å². The summed E-state index contributed by atoms with van der Waals surface area (Å²) in [6.45, 7) is 0.952. The van der Waals surface area contributed by atoms with Gasteiger partial charge in [0.2, 0.25) is 0 Å². The minimum Gasteiger partial charge on any atom is -0.311 e. The number of aryl methyl sites for hydroxylation is 1. The van der Waals surface area contributed by atoms with Crippen molar-refractivity contribution in [2.75, 3.05) is 0 Å². The molecule has 3 rings (SSSR count). The molecule has 7 nitrogen and oxygen atoms in total. The van der Waals surface area contributed by atoms with Gasteiger partial charge in [0.05, 0.1) is 10.1 Å². The van der Waals surface area contributed by atoms with Gasteiger partial charge in [-0.05, 0) is 24.6 Å². The number of amides is 1. The fourth-order valence-electron chi connectivity index (χ4n) is 2.42. The summed E-state index contributed by atoms with van der Waals surface area (Å²) < 4.78 is 66.3. The monoisotopic (exact) mass is 454 g/mol. The molecule has 28 heavy (non-hydrogen) atoms. The Morgan fingerprint density at radius 2 is 1.96 bits per heavy atom. The molecule has 1 aromatic carbocycles. The number of rotatable bonds is 3. The van der Waals surface area contributed by atoms with Gasteiger partial charge in [0.1, 0.15) is 17.3 Å². The predicted molar refractivity (Wildman–Crippen MR) is 94.8 cm³/mol. The number of aromatic nitrogens is 2. The summed E-state index contributed by atoms with van der Waals surface area (Å²) in [6, 6.07) is 4.23. The van der Waals surface area contributed by atoms with E-state index in [0.717, 1.165) is 10.8 Å². The van der Waals surface area contributed by atoms with Gasteiger partial charge in [0, 0.05) is 12.4 Å². The maximum absolute atomic E-state index is 12.9. The first-order valence-corrected chi connectivity index (χ1v) is 9.74. The molecule has 1 N–H and O–H groups in total. The fraction of sp³-hybridized carbons (Fsp3) is 0.200. The number of sulfonamides is 1. The molecule has 0 spiro atoms. The van der Waals surface area contributed by atoms with Crippen LogP contribution in [-0.4, -0.2) is 35.1 Å². The van der Waals surface area contributed by atoms with Gasteiger partial charge in [0.15, 0.2) is 5.82 Å². The Hall–Kier alpha value is -2.24. The van der Waals surface area contributed by atoms with E-state index in [1.54, 1.807) is 17.7 Å². The van der Waals surface area contributed by atoms with Crippen LogP contribution in [0, 0.1) is 6.92 Å². The van der Waals surface area contributed by atoms with Crippen molar-refractivity contribution in [2.24, 2.45) is 0 Å². The molecular weight excluding hydrogens is 444 g/mol. The summed E-state index contributed by atoms with van der Waals surface area (Å²) in [5.74, 6) is -1.24. The van der Waals surface area contributed by atoms with Crippen molar-refractivity contribution in [1.82, 2.24) is 19.2 Å². The molecule has 150 valence electrons. The standard InChI is InChI=1S/C15H11Cl2F3N4O3S/c1-8-2-3-9(16)12(4-8)28(26,27)22-14(25)11-6-23-7-24(15(18,19)20)5-10(17)13(23)21-11/h2-6H,7H2,1H3,(H,22,25). The summed E-state index contributed by atoms with van der Waals surface area (Å²) in [6.07, 6.45) is -3.07. The van der Waals surface area contributed by atoms with Crippen LogP contribution in [0.15, 0.2) is 35.5 Å². The number of hydrogen-bond acceptors (Lipinski definition) is 5. The van der Waals surface area contributed by atoms with E-state index < -0.39 is 34.6 Å². The Bertz CT molecular complexity index is 1100. The van der Waals surface area contributed by atoms with Crippen molar-refractivity contribution < 1.29 is 26.4 Å². The zero-order chi connectivity index (χ0) is 20.9. The number of fused-ring (bicyclic) bond motifs is 1. The molecule has 0 aliphatic carbocycles. The lowest BCUT2D eigenvalue weighted by molar-refractivity contribution is -0.237. The van der Waals surface area contributed by atoms with E-state index in [4.69, 9.17) is 23.2 Å². The highest BCUT2D eigenvalue weighted by Gasteiger charge is 2.38. The van der Waals surface area contributed by atoms with Crippen LogP contribution in [0.2, 0.25) is 5.02 Å². The Balaban J connectivity index is 1.88. The number of alkyl halides is 3. The molecule has 13 heteroatoms. The van der Waals surface area contributed by atoms with Gasteiger partial charge in [-0.25, -0.2) is 18.1 Å². The molecule has 2 aromatic rings. The van der Waals surface area contributed by atoms with E-state index in [2.05, 4.69) is 4.98 Å². The van der Waals surface area contributed by atoms with E-state index in [1.807, 2.05) is 0 Å². The Labute approximate surface area is 167 Å². The average Bonchev–Trinajstić information content (AvgIpc) is 3.01. The highest BCUT2D eigenvalue weighted by molar-refractivity contribution is 7.90. The van der Waals surface area contributed by atoms with Crippen LogP contribution in [0.5, 0.6) is 0 Å². The molecule has 1 aliphatic heterocycles. The summed E-state index contributed by atoms with van der Waals surface area (Å²) in [7, 11) is -4.33. The molecule has 1 amide bonds. The molecule has 1 aromatic heterocycles. The molecule has 0 fully saturated rings. The third-order valence-electron chi connectivity index (χ3n) is 3.73. The minimum atomic E-state index is -4.68. The fourth-order valence-corrected chi connectivity index (χ4v) is 4.24. The van der Waals surface area contributed by atoms with Crippen molar-refractivity contribution in [3.8, 4) is 0 Å². The lowest BCUT2D eigenvalue weighted by Gasteiger charge is -2.27. The molecule has 0 saturated carbocycles. The SMILES string of the molecule is Cc1ccc(Cl)c(S(=O)(=O)NC(=O)c2cn3c(n2)C(Cl)=CN(C(F)(F)F)C3)c1. The summed E-state index contributed by atoms with van der Waals surface area (Å²) >= 11 is 11.7. The van der Waals surface area contributed by atoms with Gasteiger partial charge in [-0.2, -0.15) is 13.2 Å². The molecule has 0 bridgehead atoms. The smallest absolute Gasteiger partial charge is 0.311 e. The third kappa shape index (κ3) is 3.96. The van der Waals surface area contributed by atoms with Gasteiger partial charge in [0.25, 0.3) is 15.9 Å². The lowest BCUT2D eigenvalue weighted by atomic mass is 10.2. The predicted octanol–water partition coefficient (Wildman–Crippen LogP) is 3.29. The van der Waals surface area contributed by atoms with Crippen molar-refractivity contribution in [3.63, 3.8) is 0 Å². The zero-order valence-corrected chi connectivity index (χ0v) is 16.3. The van der Waals surface area contributed by atoms with Crippen LogP contribution in [0.25, 0.3) is 5.03 Å². The third-order valence-corrected chi connectivity index (χ3v) is 5.80. The normalized spacial score (nSPS) is 14.5. The summed E-state index contributed by atoms with van der Waals surface area (Å²) in [5, 5.41) is -0.450. The van der Waals surface area contributed by atoms with Crippen molar-refractivity contribution in [3.05, 3.63) is 52.7 Å². The number of nitrogens with one attached hydrogen (secondary N) is 1. The second kappa shape index (κ2) is 6.98. The molecule has 0 atom stereocenters. The first-order chi connectivity index (χ1) is 12.9. The average molecular weight is 455 g/mol. The molecule has 2 heterocycles. The lowest BCUT2D eigenvalue weighted by Crippen LogP contribution is -2.37. The first kappa shape index (κ1) is 20.5. The highest BCUT2D eigenvalue weighted by atomic mass is 35.5. The van der Waals surface area contributed by atoms with Crippen molar-refractivity contribution >= 4 is 44.2 Å². The van der Waals surface area contributed by atoms with Gasteiger partial charge in [-0.15, -0.1) is 0 Å². The van der Waals surface area contributed by atoms with Gasteiger partial charge >= 0.3 is 6.30 Å². The molecule has 0 unspecified atom stereocenters. The topological polar surface area (TPSA) is 84.3 Å². The molecule has 0 radical (unpaired) electrons. The Morgan fingerprint density at radius 1 is 1.29 bits per heavy atom. The number of hydrogen-bond donors (Lipinski definition) is 1. The second-order valence-electron chi connectivity index (χ2n) is 5.84. The number of nitrogens with zero attached hydrogens (tertiary/aromatic N) is 3. The van der Waals surface area contributed by atoms with Crippen LogP contribution in [0.1, 0.15) is 21.9 Å². The first-order valence-electron chi connectivity index (χ1n) is 7.50. The number of carbonyl (C=O) groups excluding carboxylic acids is 1. The van der Waals surface area contributed by atoms with Crippen molar-refractivity contribution in [2.45, 2.75) is 24.8 Å². The van der Waals surface area contributed by atoms with E-state index >= 15 is 0 Å². The zero-order valence-electron chi connectivity index (χ0n) is 14.0. The molecule has 0 saturated heterocycles. The maximum Gasteiger partial charge on any atom is 0.485 e. The Morgan fingerprint density at radius 3 is 2.61 bits per heavy atom. The quantitative estimate of drug-likeness (QED) is 0.719. The largest absolute Gasteiger partial charge is 0.485 e. The Kier molecular flexibility index (Phi) is 5.11. The summed E-state index contributed by atoms with van der Waals surface area (Å²) in [4.78, 5) is 15.8. The van der Waals surface area contributed by atoms with Crippen LogP contribution >= 0.6 is 23.2 Å². The maximum atomic E-state index is 12.9. The van der Waals surface area contributed by atoms with Gasteiger partial charge in [-0.3, -0.25) is 9.69 Å². The van der Waals surface area contributed by atoms with Crippen LogP contribution in [0.4, 0.5) is 13.2 Å². The van der Waals surface area contributed by atoms with Gasteiger partial charge in [-0.1, -0.05) is 29.3 Å². The van der Waals surface area contributed by atoms with E-state index in [9.17, 15) is 26.4 Å². The minimum absolute atomic E-state index is 0.00500. The van der Waals surface area contributed by atoms with Crippen LogP contribution in [-0.2, 0) is 16.7 Å². The van der Waals surface area contributed by atoms with Crippen LogP contribution < -0.4 is 4.72 Å². The highest BCUT2D eigenvalue weighted by Crippen LogP contribution is 2.31. The summed E-state index contributed by atoms with van der Waals surface area (Å²) in [5.41, 5.74) is 0.178. The number of carbonyl (C=O) groups is 1. The van der Waals surface area contributed by atoms with Gasteiger partial charge < -0.3 is 4.57 Å². The van der Waals surface area contributed by atoms with E-state index in [1.165, 1.54) is 12.1 Å². The number of benzene rings is 1. The number of imidazole rings is 1. The van der Waals surface area contributed by atoms with E-state index in [0.29, 0.717) is 11.8 Å². The molecular formula is C15H11Cl2F3N4O3S. The van der Waals surface area contributed by atoms with Crippen molar-refractivity contribution in [1.29, 1.82) is 0 Å². The van der Waals surface area contributed by atoms with Crippen LogP contribution in [0.3, 0.4) is 0 Å².